The van der Waals surface area contributed by atoms with Crippen LogP contribution in [0, 0.1) is 0 Å². The monoisotopic (exact) mass is 245 g/mol. The second-order valence-electron chi connectivity index (χ2n) is 4.10. The van der Waals surface area contributed by atoms with Crippen molar-refractivity contribution in [3.8, 4) is 0 Å². The summed E-state index contributed by atoms with van der Waals surface area (Å²) in [5.41, 5.74) is 3.55. The zero-order valence-corrected chi connectivity index (χ0v) is 9.83. The number of nitrogens with one attached hydrogen (secondary N) is 1. The van der Waals surface area contributed by atoms with Crippen molar-refractivity contribution in [2.75, 3.05) is 5.32 Å². The highest BCUT2D eigenvalue weighted by Crippen LogP contribution is 2.29. The van der Waals surface area contributed by atoms with E-state index in [1.807, 2.05) is 35.0 Å². The van der Waals surface area contributed by atoms with Crippen LogP contribution >= 0.6 is 11.3 Å². The van der Waals surface area contributed by atoms with Crippen molar-refractivity contribution in [3.63, 3.8) is 0 Å². The van der Waals surface area contributed by atoms with E-state index in [1.54, 1.807) is 11.3 Å². The van der Waals surface area contributed by atoms with Crippen molar-refractivity contribution in [3.05, 3.63) is 51.7 Å². The maximum atomic E-state index is 11.2. The van der Waals surface area contributed by atoms with E-state index in [-0.39, 0.29) is 5.91 Å². The zero-order chi connectivity index (χ0) is 11.8. The number of aliphatic hydroxyl groups excluding tert-OH is 1. The van der Waals surface area contributed by atoms with Gasteiger partial charge in [-0.05, 0) is 39.6 Å². The van der Waals surface area contributed by atoms with Crippen LogP contribution in [0.4, 0.5) is 5.69 Å². The number of aliphatic hydroxyl groups is 1. The average Bonchev–Trinajstić information content (AvgIpc) is 2.94. The second kappa shape index (κ2) is 3.98. The van der Waals surface area contributed by atoms with Gasteiger partial charge >= 0.3 is 0 Å². The third-order valence-corrected chi connectivity index (χ3v) is 3.63. The van der Waals surface area contributed by atoms with Crippen molar-refractivity contribution >= 4 is 22.9 Å². The van der Waals surface area contributed by atoms with Crippen molar-refractivity contribution in [1.29, 1.82) is 0 Å². The Balaban J connectivity index is 1.95. The fourth-order valence-corrected chi connectivity index (χ4v) is 2.72. The standard InChI is InChI=1S/C13H11NO2S/c15-12-6-10-5-8(1-2-11(10)14-12)13(16)9-3-4-17-7-9/h1-5,7,13,16H,6H2,(H,14,15). The van der Waals surface area contributed by atoms with Crippen molar-refractivity contribution in [2.45, 2.75) is 12.5 Å². The Morgan fingerprint density at radius 3 is 2.94 bits per heavy atom. The summed E-state index contributed by atoms with van der Waals surface area (Å²) in [4.78, 5) is 11.2. The lowest BCUT2D eigenvalue weighted by molar-refractivity contribution is -0.115. The van der Waals surface area contributed by atoms with Gasteiger partial charge in [0, 0.05) is 5.69 Å². The molecule has 1 aromatic heterocycles. The van der Waals surface area contributed by atoms with Gasteiger partial charge in [0.25, 0.3) is 0 Å². The molecule has 3 rings (SSSR count). The van der Waals surface area contributed by atoms with Gasteiger partial charge < -0.3 is 10.4 Å². The van der Waals surface area contributed by atoms with E-state index in [0.717, 1.165) is 22.4 Å². The number of rotatable bonds is 2. The van der Waals surface area contributed by atoms with E-state index in [1.165, 1.54) is 0 Å². The van der Waals surface area contributed by atoms with Crippen LogP contribution in [0.1, 0.15) is 22.8 Å². The van der Waals surface area contributed by atoms with E-state index in [9.17, 15) is 9.90 Å². The lowest BCUT2D eigenvalue weighted by Gasteiger charge is -2.10. The summed E-state index contributed by atoms with van der Waals surface area (Å²) in [7, 11) is 0. The first-order valence-electron chi connectivity index (χ1n) is 5.37. The van der Waals surface area contributed by atoms with Gasteiger partial charge in [0.2, 0.25) is 5.91 Å². The molecule has 0 saturated heterocycles. The van der Waals surface area contributed by atoms with Gasteiger partial charge in [0.15, 0.2) is 0 Å². The second-order valence-corrected chi connectivity index (χ2v) is 4.88. The van der Waals surface area contributed by atoms with Gasteiger partial charge in [-0.1, -0.05) is 12.1 Å². The van der Waals surface area contributed by atoms with Crippen LogP contribution < -0.4 is 5.32 Å². The van der Waals surface area contributed by atoms with E-state index in [4.69, 9.17) is 0 Å². The quantitative estimate of drug-likeness (QED) is 0.853. The highest BCUT2D eigenvalue weighted by Gasteiger charge is 2.19. The maximum Gasteiger partial charge on any atom is 0.228 e. The molecule has 3 nitrogen and oxygen atoms in total. The Bertz CT molecular complexity index is 563. The Morgan fingerprint density at radius 1 is 1.29 bits per heavy atom. The number of hydrogen-bond acceptors (Lipinski definition) is 3. The van der Waals surface area contributed by atoms with Crippen molar-refractivity contribution in [1.82, 2.24) is 0 Å². The third kappa shape index (κ3) is 1.85. The Hall–Kier alpha value is -1.65. The summed E-state index contributed by atoms with van der Waals surface area (Å²) in [6.45, 7) is 0. The minimum absolute atomic E-state index is 0.0159. The molecule has 0 fully saturated rings. The molecule has 4 heteroatoms. The van der Waals surface area contributed by atoms with Crippen LogP contribution in [-0.4, -0.2) is 11.0 Å². The van der Waals surface area contributed by atoms with E-state index in [2.05, 4.69) is 5.32 Å². The molecule has 0 aliphatic carbocycles. The number of carbonyl (C=O) groups is 1. The number of hydrogen-bond donors (Lipinski definition) is 2. The van der Waals surface area contributed by atoms with Crippen LogP contribution in [-0.2, 0) is 11.2 Å². The lowest BCUT2D eigenvalue weighted by Crippen LogP contribution is -2.03. The summed E-state index contributed by atoms with van der Waals surface area (Å²) in [5.74, 6) is 0.0159. The first kappa shape index (κ1) is 10.5. The van der Waals surface area contributed by atoms with Gasteiger partial charge in [-0.15, -0.1) is 0 Å². The molecule has 2 heterocycles. The minimum atomic E-state index is -0.609. The molecular formula is C13H11NO2S. The van der Waals surface area contributed by atoms with Crippen LogP contribution in [0.2, 0.25) is 0 Å². The molecule has 1 amide bonds. The predicted octanol–water partition coefficient (Wildman–Crippen LogP) is 2.32. The normalized spacial score (nSPS) is 15.5. The molecule has 1 aliphatic rings. The zero-order valence-electron chi connectivity index (χ0n) is 9.01. The van der Waals surface area contributed by atoms with Crippen molar-refractivity contribution < 1.29 is 9.90 Å². The first-order valence-corrected chi connectivity index (χ1v) is 6.31. The van der Waals surface area contributed by atoms with Gasteiger partial charge in [0.05, 0.1) is 6.42 Å². The highest BCUT2D eigenvalue weighted by molar-refractivity contribution is 7.07. The molecule has 1 unspecified atom stereocenters. The molecule has 86 valence electrons. The molecule has 17 heavy (non-hydrogen) atoms. The SMILES string of the molecule is O=C1Cc2cc(C(O)c3ccsc3)ccc2N1. The summed E-state index contributed by atoms with van der Waals surface area (Å²) in [6.07, 6.45) is -0.207. The Kier molecular flexibility index (Phi) is 2.46. The number of carbonyl (C=O) groups excluding carboxylic acids is 1. The molecule has 1 aliphatic heterocycles. The number of benzene rings is 1. The number of thiophene rings is 1. The third-order valence-electron chi connectivity index (χ3n) is 2.93. The largest absolute Gasteiger partial charge is 0.384 e. The number of anilines is 1. The van der Waals surface area contributed by atoms with Gasteiger partial charge in [-0.2, -0.15) is 11.3 Å². The average molecular weight is 245 g/mol. The number of fused-ring (bicyclic) bond motifs is 1. The smallest absolute Gasteiger partial charge is 0.228 e. The molecule has 2 aromatic rings. The van der Waals surface area contributed by atoms with Crippen LogP contribution in [0.3, 0.4) is 0 Å². The molecule has 0 radical (unpaired) electrons. The summed E-state index contributed by atoms with van der Waals surface area (Å²) >= 11 is 1.56. The van der Waals surface area contributed by atoms with Crippen LogP contribution in [0.5, 0.6) is 0 Å². The predicted molar refractivity (Wildman–Crippen MR) is 67.2 cm³/mol. The fraction of sp³-hybridized carbons (Fsp3) is 0.154. The van der Waals surface area contributed by atoms with Crippen molar-refractivity contribution in [2.24, 2.45) is 0 Å². The first-order chi connectivity index (χ1) is 8.24. The molecule has 2 N–H and O–H groups in total. The van der Waals surface area contributed by atoms with E-state index in [0.29, 0.717) is 6.42 Å². The molecule has 1 aromatic carbocycles. The number of amides is 1. The lowest BCUT2D eigenvalue weighted by atomic mass is 10.0. The Morgan fingerprint density at radius 2 is 2.18 bits per heavy atom. The molecule has 0 saturated carbocycles. The van der Waals surface area contributed by atoms with Gasteiger partial charge in [-0.3, -0.25) is 4.79 Å². The van der Waals surface area contributed by atoms with Gasteiger partial charge in [0.1, 0.15) is 6.10 Å². The van der Waals surface area contributed by atoms with Gasteiger partial charge in [-0.25, -0.2) is 0 Å². The fourth-order valence-electron chi connectivity index (χ4n) is 2.04. The summed E-state index contributed by atoms with van der Waals surface area (Å²) in [5, 5.41) is 16.8. The minimum Gasteiger partial charge on any atom is -0.384 e. The van der Waals surface area contributed by atoms with Crippen LogP contribution in [0.25, 0.3) is 0 Å². The maximum absolute atomic E-state index is 11.2. The molecule has 0 bridgehead atoms. The summed E-state index contributed by atoms with van der Waals surface area (Å²) < 4.78 is 0. The topological polar surface area (TPSA) is 49.3 Å². The molecule has 0 spiro atoms. The van der Waals surface area contributed by atoms with Crippen LogP contribution in [0.15, 0.2) is 35.0 Å². The Labute approximate surface area is 103 Å². The molecular weight excluding hydrogens is 234 g/mol. The van der Waals surface area contributed by atoms with E-state index >= 15 is 0 Å². The molecule has 1 atom stereocenters. The van der Waals surface area contributed by atoms with E-state index < -0.39 is 6.10 Å². The highest BCUT2D eigenvalue weighted by atomic mass is 32.1. The summed E-state index contributed by atoms with van der Waals surface area (Å²) in [6, 6.07) is 7.51.